The first-order valence-electron chi connectivity index (χ1n) is 11.4. The number of nitrogens with zero attached hydrogens (tertiary/aromatic N) is 3. The predicted molar refractivity (Wildman–Crippen MR) is 127 cm³/mol. The smallest absolute Gasteiger partial charge is 0.290 e. The van der Waals surface area contributed by atoms with Gasteiger partial charge in [0.25, 0.3) is 5.91 Å². The Hall–Kier alpha value is -4.13. The lowest BCUT2D eigenvalue weighted by Gasteiger charge is -2.27. The number of aliphatic hydroxyl groups excluding tert-OH is 1. The highest BCUT2D eigenvalue weighted by Gasteiger charge is 2.44. The van der Waals surface area contributed by atoms with E-state index in [1.807, 2.05) is 53.2 Å². The van der Waals surface area contributed by atoms with Crippen LogP contribution in [-0.2, 0) is 17.8 Å². The lowest BCUT2D eigenvalue weighted by molar-refractivity contribution is -0.129. The number of rotatable bonds is 8. The van der Waals surface area contributed by atoms with Crippen molar-refractivity contribution in [2.24, 2.45) is 0 Å². The predicted octanol–water partition coefficient (Wildman–Crippen LogP) is 4.86. The fraction of sp³-hybridized carbons (Fsp3) is 0.222. The van der Waals surface area contributed by atoms with Crippen LogP contribution in [0.25, 0.3) is 11.0 Å². The van der Waals surface area contributed by atoms with Gasteiger partial charge >= 0.3 is 0 Å². The van der Waals surface area contributed by atoms with Crippen molar-refractivity contribution in [1.29, 1.82) is 0 Å². The Balaban J connectivity index is 1.50. The van der Waals surface area contributed by atoms with Gasteiger partial charge in [0.15, 0.2) is 11.5 Å². The summed E-state index contributed by atoms with van der Waals surface area (Å²) >= 11 is 0. The van der Waals surface area contributed by atoms with Gasteiger partial charge in [-0.3, -0.25) is 9.59 Å². The Kier molecular flexibility index (Phi) is 5.76. The molecule has 172 valence electrons. The number of carbonyl (C=O) groups excluding carboxylic acids is 2. The Labute approximate surface area is 196 Å². The molecule has 0 saturated heterocycles. The van der Waals surface area contributed by atoms with Crippen molar-refractivity contribution in [1.82, 2.24) is 14.5 Å². The maximum atomic E-state index is 13.6. The monoisotopic (exact) mass is 455 g/mol. The number of aliphatic hydroxyl groups is 1. The standard InChI is InChI=1S/C27H25N3O4/c1-2-18-8-10-19(11-9-18)24-23(25(31)22-16-20-6-3-4-7-21(20)34-22)26(32)27(33)30(24)14-5-13-29-15-12-28-17-29/h3-4,6-12,15-17,24,32H,2,5,13-14H2,1H3. The molecule has 34 heavy (non-hydrogen) atoms. The van der Waals surface area contributed by atoms with E-state index in [1.54, 1.807) is 29.6 Å². The third-order valence-electron chi connectivity index (χ3n) is 6.28. The molecule has 0 bridgehead atoms. The van der Waals surface area contributed by atoms with Crippen LogP contribution in [0, 0.1) is 0 Å². The average Bonchev–Trinajstić information content (AvgIpc) is 3.59. The number of carbonyl (C=O) groups is 2. The SMILES string of the molecule is CCc1ccc(C2C(C(=O)c3cc4ccccc4o3)=C(O)C(=O)N2CCCn2ccnc2)cc1. The zero-order valence-electron chi connectivity index (χ0n) is 18.8. The van der Waals surface area contributed by atoms with Crippen molar-refractivity contribution in [3.63, 3.8) is 0 Å². The number of imidazole rings is 1. The Morgan fingerprint density at radius 1 is 1.12 bits per heavy atom. The molecule has 0 saturated carbocycles. The molecular formula is C27H25N3O4. The van der Waals surface area contributed by atoms with E-state index in [-0.39, 0.29) is 11.3 Å². The fourth-order valence-corrected chi connectivity index (χ4v) is 4.47. The second-order valence-corrected chi connectivity index (χ2v) is 8.39. The third kappa shape index (κ3) is 3.90. The van der Waals surface area contributed by atoms with Gasteiger partial charge in [-0.1, -0.05) is 49.4 Å². The molecule has 1 amide bonds. The number of aromatic nitrogens is 2. The maximum Gasteiger partial charge on any atom is 0.290 e. The summed E-state index contributed by atoms with van der Waals surface area (Å²) in [6.45, 7) is 3.11. The van der Waals surface area contributed by atoms with Gasteiger partial charge in [-0.2, -0.15) is 0 Å². The van der Waals surface area contributed by atoms with Crippen LogP contribution in [0.1, 0.15) is 41.1 Å². The summed E-state index contributed by atoms with van der Waals surface area (Å²) in [5.41, 5.74) is 2.56. The average molecular weight is 456 g/mol. The van der Waals surface area contributed by atoms with Crippen molar-refractivity contribution in [2.45, 2.75) is 32.4 Å². The zero-order valence-corrected chi connectivity index (χ0v) is 18.8. The lowest BCUT2D eigenvalue weighted by Crippen LogP contribution is -2.32. The number of Topliss-reactive ketones (excluding diaryl/α,β-unsaturated/α-hetero) is 1. The minimum absolute atomic E-state index is 0.0518. The molecule has 1 aliphatic heterocycles. The second-order valence-electron chi connectivity index (χ2n) is 8.39. The summed E-state index contributed by atoms with van der Waals surface area (Å²) in [6.07, 6.45) is 6.81. The molecule has 3 heterocycles. The molecular weight excluding hydrogens is 430 g/mol. The van der Waals surface area contributed by atoms with E-state index < -0.39 is 23.5 Å². The van der Waals surface area contributed by atoms with E-state index in [2.05, 4.69) is 11.9 Å². The van der Waals surface area contributed by atoms with E-state index in [1.165, 1.54) is 0 Å². The quantitative estimate of drug-likeness (QED) is 0.383. The van der Waals surface area contributed by atoms with Gasteiger partial charge in [0.1, 0.15) is 5.58 Å². The molecule has 1 unspecified atom stereocenters. The van der Waals surface area contributed by atoms with E-state index in [9.17, 15) is 14.7 Å². The van der Waals surface area contributed by atoms with Crippen LogP contribution in [0.2, 0.25) is 0 Å². The van der Waals surface area contributed by atoms with Gasteiger partial charge < -0.3 is 19.0 Å². The maximum absolute atomic E-state index is 13.6. The third-order valence-corrected chi connectivity index (χ3v) is 6.28. The van der Waals surface area contributed by atoms with Gasteiger partial charge in [-0.25, -0.2) is 4.98 Å². The van der Waals surface area contributed by atoms with E-state index in [0.29, 0.717) is 25.1 Å². The van der Waals surface area contributed by atoms with Crippen LogP contribution in [0.3, 0.4) is 0 Å². The van der Waals surface area contributed by atoms with Crippen LogP contribution in [0.5, 0.6) is 0 Å². The summed E-state index contributed by atoms with van der Waals surface area (Å²) < 4.78 is 7.71. The normalized spacial score (nSPS) is 16.1. The first-order valence-corrected chi connectivity index (χ1v) is 11.4. The molecule has 1 atom stereocenters. The molecule has 1 aliphatic rings. The molecule has 2 aromatic carbocycles. The topological polar surface area (TPSA) is 88.6 Å². The molecule has 2 aromatic heterocycles. The zero-order chi connectivity index (χ0) is 23.7. The lowest BCUT2D eigenvalue weighted by atomic mass is 9.94. The van der Waals surface area contributed by atoms with Gasteiger partial charge in [0.2, 0.25) is 5.78 Å². The molecule has 0 fully saturated rings. The van der Waals surface area contributed by atoms with Crippen molar-refractivity contribution in [2.75, 3.05) is 6.54 Å². The summed E-state index contributed by atoms with van der Waals surface area (Å²) in [5, 5.41) is 11.6. The number of aryl methyl sites for hydroxylation is 2. The molecule has 7 nitrogen and oxygen atoms in total. The molecule has 0 aliphatic carbocycles. The number of para-hydroxylation sites is 1. The number of ketones is 1. The number of hydrogen-bond donors (Lipinski definition) is 1. The summed E-state index contributed by atoms with van der Waals surface area (Å²) in [4.78, 5) is 32.3. The molecule has 5 rings (SSSR count). The first kappa shape index (κ1) is 21.7. The Morgan fingerprint density at radius 3 is 2.62 bits per heavy atom. The number of furan rings is 1. The number of fused-ring (bicyclic) bond motifs is 1. The summed E-state index contributed by atoms with van der Waals surface area (Å²) in [6, 6.07) is 16.1. The van der Waals surface area contributed by atoms with Crippen LogP contribution < -0.4 is 0 Å². The molecule has 4 aromatic rings. The van der Waals surface area contributed by atoms with Crippen molar-refractivity contribution < 1.29 is 19.1 Å². The largest absolute Gasteiger partial charge is 0.503 e. The molecule has 0 spiro atoms. The number of benzene rings is 2. The minimum atomic E-state index is -0.693. The van der Waals surface area contributed by atoms with Crippen molar-refractivity contribution in [3.05, 3.63) is 102 Å². The van der Waals surface area contributed by atoms with Crippen molar-refractivity contribution >= 4 is 22.7 Å². The van der Waals surface area contributed by atoms with Gasteiger partial charge in [-0.05, 0) is 36.1 Å². The fourth-order valence-electron chi connectivity index (χ4n) is 4.47. The van der Waals surface area contributed by atoms with Crippen LogP contribution >= 0.6 is 0 Å². The van der Waals surface area contributed by atoms with E-state index >= 15 is 0 Å². The van der Waals surface area contributed by atoms with Crippen LogP contribution in [0.4, 0.5) is 0 Å². The highest BCUT2D eigenvalue weighted by Crippen LogP contribution is 2.39. The second kappa shape index (κ2) is 9.02. The van der Waals surface area contributed by atoms with E-state index in [4.69, 9.17) is 4.42 Å². The Bertz CT molecular complexity index is 1330. The van der Waals surface area contributed by atoms with Crippen LogP contribution in [-0.4, -0.2) is 37.8 Å². The Morgan fingerprint density at radius 2 is 1.91 bits per heavy atom. The first-order chi connectivity index (χ1) is 16.6. The molecule has 7 heteroatoms. The number of amides is 1. The van der Waals surface area contributed by atoms with Crippen molar-refractivity contribution in [3.8, 4) is 0 Å². The summed E-state index contributed by atoms with van der Waals surface area (Å²) in [7, 11) is 0. The van der Waals surface area contributed by atoms with Gasteiger partial charge in [-0.15, -0.1) is 0 Å². The highest BCUT2D eigenvalue weighted by molar-refractivity contribution is 6.16. The summed E-state index contributed by atoms with van der Waals surface area (Å²) in [5.74, 6) is -1.44. The van der Waals surface area contributed by atoms with Crippen LogP contribution in [0.15, 0.2) is 89.1 Å². The highest BCUT2D eigenvalue weighted by atomic mass is 16.3. The van der Waals surface area contributed by atoms with E-state index in [0.717, 1.165) is 22.9 Å². The number of hydrogen-bond acceptors (Lipinski definition) is 5. The minimum Gasteiger partial charge on any atom is -0.503 e. The van der Waals surface area contributed by atoms with Gasteiger partial charge in [0.05, 0.1) is 17.9 Å². The van der Waals surface area contributed by atoms with Gasteiger partial charge in [0, 0.05) is 30.9 Å². The molecule has 1 N–H and O–H groups in total. The molecule has 0 radical (unpaired) electrons.